The summed E-state index contributed by atoms with van der Waals surface area (Å²) in [4.78, 5) is 0. The van der Waals surface area contributed by atoms with Gasteiger partial charge in [0.25, 0.3) is 0 Å². The van der Waals surface area contributed by atoms with Crippen LogP contribution in [0.4, 0.5) is 11.4 Å². The fourth-order valence-corrected chi connectivity index (χ4v) is 2.82. The lowest BCUT2D eigenvalue weighted by Gasteiger charge is -2.13. The van der Waals surface area contributed by atoms with Crippen molar-refractivity contribution in [2.24, 2.45) is 0 Å². The van der Waals surface area contributed by atoms with Crippen molar-refractivity contribution >= 4 is 11.4 Å². The van der Waals surface area contributed by atoms with Gasteiger partial charge in [0.05, 0.1) is 42.3 Å². The molecule has 0 fully saturated rings. The van der Waals surface area contributed by atoms with E-state index in [0.717, 1.165) is 17.1 Å². The minimum Gasteiger partial charge on any atom is -0.494 e. The zero-order valence-corrected chi connectivity index (χ0v) is 17.8. The van der Waals surface area contributed by atoms with E-state index >= 15 is 0 Å². The largest absolute Gasteiger partial charge is 0.494 e. The van der Waals surface area contributed by atoms with Crippen LogP contribution in [0, 0.1) is 13.8 Å². The lowest BCUT2D eigenvalue weighted by Crippen LogP contribution is -2.08. The number of ether oxygens (including phenoxy) is 3. The van der Waals surface area contributed by atoms with E-state index in [1.807, 2.05) is 56.3 Å². The third-order valence-electron chi connectivity index (χ3n) is 4.29. The third kappa shape index (κ3) is 5.39. The van der Waals surface area contributed by atoms with Crippen LogP contribution in [0.2, 0.25) is 0 Å². The highest BCUT2D eigenvalue weighted by Crippen LogP contribution is 2.32. The monoisotopic (exact) mass is 429 g/mol. The van der Waals surface area contributed by atoms with Gasteiger partial charge in [0.15, 0.2) is 0 Å². The molecule has 0 unspecified atom stereocenters. The molecule has 4 aromatic rings. The van der Waals surface area contributed by atoms with Crippen LogP contribution in [-0.4, -0.2) is 27.5 Å². The van der Waals surface area contributed by atoms with E-state index in [-0.39, 0.29) is 0 Å². The molecule has 1 radical (unpaired) electrons. The summed E-state index contributed by atoms with van der Waals surface area (Å²) in [6.07, 6.45) is 3.12. The minimum absolute atomic E-state index is 0.588. The topological polar surface area (TPSA) is 105 Å². The molecule has 2 aromatic carbocycles. The van der Waals surface area contributed by atoms with Crippen LogP contribution in [0.15, 0.2) is 67.0 Å². The van der Waals surface area contributed by atoms with Crippen molar-refractivity contribution < 1.29 is 14.2 Å². The molecule has 0 aliphatic rings. The molecule has 0 saturated carbocycles. The van der Waals surface area contributed by atoms with Crippen LogP contribution in [-0.2, 0) is 0 Å². The average molecular weight is 429 g/mol. The van der Waals surface area contributed by atoms with E-state index in [0.29, 0.717) is 34.4 Å². The Balaban J connectivity index is 1.38. The van der Waals surface area contributed by atoms with Crippen molar-refractivity contribution in [3.63, 3.8) is 0 Å². The zero-order chi connectivity index (χ0) is 22.3. The summed E-state index contributed by atoms with van der Waals surface area (Å²) < 4.78 is 17.1. The van der Waals surface area contributed by atoms with Gasteiger partial charge in [-0.1, -0.05) is 0 Å². The van der Waals surface area contributed by atoms with Crippen LogP contribution in [0.5, 0.6) is 28.7 Å². The van der Waals surface area contributed by atoms with Crippen molar-refractivity contribution in [3.05, 3.63) is 78.4 Å². The predicted molar refractivity (Wildman–Crippen MR) is 119 cm³/mol. The molecule has 0 aliphatic heterocycles. The van der Waals surface area contributed by atoms with E-state index in [4.69, 9.17) is 14.2 Å². The van der Waals surface area contributed by atoms with E-state index in [2.05, 4.69) is 31.2 Å². The number of benzene rings is 2. The van der Waals surface area contributed by atoms with Crippen molar-refractivity contribution in [1.82, 2.24) is 25.8 Å². The van der Waals surface area contributed by atoms with Crippen molar-refractivity contribution in [1.29, 1.82) is 0 Å². The summed E-state index contributed by atoms with van der Waals surface area (Å²) in [5, 5.41) is 15.6. The summed E-state index contributed by atoms with van der Waals surface area (Å²) in [5.41, 5.74) is 10.4. The molecule has 0 spiro atoms. The Bertz CT molecular complexity index is 1200. The Labute approximate surface area is 185 Å². The van der Waals surface area contributed by atoms with Crippen LogP contribution >= 0.6 is 0 Å². The molecule has 161 valence electrons. The lowest BCUT2D eigenvalue weighted by atomic mass is 10.2. The smallest absolute Gasteiger partial charge is 0.149 e. The standard InChI is InChI=1S/C23H21N6O3/c1-15-10-20(13-24-26-15)31-18-6-4-17(5-7-18)28-29-22-9-8-19(12-23(22)30-3)32-21-11-16(2)27-25-14-21/h4-14,29H,1-3H3. The van der Waals surface area contributed by atoms with Gasteiger partial charge in [-0.2, -0.15) is 25.8 Å². The number of aromatic nitrogens is 4. The van der Waals surface area contributed by atoms with Gasteiger partial charge < -0.3 is 14.2 Å². The number of rotatable bonds is 8. The molecule has 1 N–H and O–H groups in total. The first-order chi connectivity index (χ1) is 15.6. The second kappa shape index (κ2) is 9.61. The Hall–Kier alpha value is -4.40. The fourth-order valence-electron chi connectivity index (χ4n) is 2.82. The molecule has 0 atom stereocenters. The van der Waals surface area contributed by atoms with Crippen LogP contribution in [0.1, 0.15) is 11.4 Å². The van der Waals surface area contributed by atoms with E-state index < -0.39 is 0 Å². The molecular formula is C23H21N6O3. The number of aryl methyl sites for hydroxylation is 2. The van der Waals surface area contributed by atoms with Gasteiger partial charge in [-0.15, -0.1) is 0 Å². The normalized spacial score (nSPS) is 10.3. The van der Waals surface area contributed by atoms with Crippen molar-refractivity contribution in [2.45, 2.75) is 13.8 Å². The molecule has 0 aliphatic carbocycles. The summed E-state index contributed by atoms with van der Waals surface area (Å²) in [5.74, 6) is 3.11. The average Bonchev–Trinajstić information content (AvgIpc) is 2.79. The maximum Gasteiger partial charge on any atom is 0.149 e. The highest BCUT2D eigenvalue weighted by Gasteiger charge is 2.08. The van der Waals surface area contributed by atoms with E-state index in [9.17, 15) is 0 Å². The zero-order valence-electron chi connectivity index (χ0n) is 17.8. The van der Waals surface area contributed by atoms with Crippen LogP contribution in [0.25, 0.3) is 0 Å². The molecule has 2 aromatic heterocycles. The molecule has 9 nitrogen and oxygen atoms in total. The number of anilines is 1. The SMILES string of the molecule is COc1cc(Oc2cnnc(C)c2)ccc1N[N]c1ccc(Oc2cnnc(C)c2)cc1. The highest BCUT2D eigenvalue weighted by atomic mass is 16.5. The first-order valence-electron chi connectivity index (χ1n) is 9.78. The second-order valence-electron chi connectivity index (χ2n) is 6.85. The van der Waals surface area contributed by atoms with Crippen LogP contribution < -0.4 is 25.1 Å². The number of methoxy groups -OCH3 is 1. The number of nitrogens with one attached hydrogen (secondary N) is 1. The molecule has 32 heavy (non-hydrogen) atoms. The van der Waals surface area contributed by atoms with Crippen molar-refractivity contribution in [3.8, 4) is 28.7 Å². The van der Waals surface area contributed by atoms with Gasteiger partial charge in [0, 0.05) is 18.2 Å². The van der Waals surface area contributed by atoms with Crippen molar-refractivity contribution in [2.75, 3.05) is 12.5 Å². The van der Waals surface area contributed by atoms with Crippen LogP contribution in [0.3, 0.4) is 0 Å². The lowest BCUT2D eigenvalue weighted by molar-refractivity contribution is 0.410. The minimum atomic E-state index is 0.588. The van der Waals surface area contributed by atoms with E-state index in [1.165, 1.54) is 0 Å². The molecule has 9 heteroatoms. The summed E-state index contributed by atoms with van der Waals surface area (Å²) in [6, 6.07) is 16.4. The molecule has 4 rings (SSSR count). The second-order valence-corrected chi connectivity index (χ2v) is 6.85. The number of hydrogen-bond acceptors (Lipinski definition) is 8. The third-order valence-corrected chi connectivity index (χ3v) is 4.29. The molecular weight excluding hydrogens is 408 g/mol. The summed E-state index contributed by atoms with van der Waals surface area (Å²) in [7, 11) is 1.59. The Morgan fingerprint density at radius 3 is 1.91 bits per heavy atom. The highest BCUT2D eigenvalue weighted by molar-refractivity contribution is 5.60. The Kier molecular flexibility index (Phi) is 6.26. The van der Waals surface area contributed by atoms with Gasteiger partial charge in [0.2, 0.25) is 0 Å². The summed E-state index contributed by atoms with van der Waals surface area (Å²) in [6.45, 7) is 3.71. The molecule has 0 amide bonds. The fraction of sp³-hybridized carbons (Fsp3) is 0.130. The van der Waals surface area contributed by atoms with Gasteiger partial charge in [-0.05, 0) is 50.2 Å². The Morgan fingerprint density at radius 2 is 1.31 bits per heavy atom. The quantitative estimate of drug-likeness (QED) is 0.400. The van der Waals surface area contributed by atoms with Gasteiger partial charge in [-0.25, -0.2) is 0 Å². The summed E-state index contributed by atoms with van der Waals surface area (Å²) >= 11 is 0. The predicted octanol–water partition coefficient (Wildman–Crippen LogP) is 4.74. The van der Waals surface area contributed by atoms with Gasteiger partial charge >= 0.3 is 0 Å². The molecule has 0 bridgehead atoms. The first-order valence-corrected chi connectivity index (χ1v) is 9.78. The van der Waals surface area contributed by atoms with Gasteiger partial charge in [-0.3, -0.25) is 5.43 Å². The number of nitrogens with zero attached hydrogens (tertiary/aromatic N) is 5. The van der Waals surface area contributed by atoms with E-state index in [1.54, 1.807) is 31.6 Å². The molecule has 2 heterocycles. The number of hydrogen-bond donors (Lipinski definition) is 1. The molecule has 0 saturated heterocycles. The maximum absolute atomic E-state index is 5.83. The van der Waals surface area contributed by atoms with Gasteiger partial charge in [0.1, 0.15) is 28.7 Å². The Morgan fingerprint density at radius 1 is 0.719 bits per heavy atom. The first kappa shape index (κ1) is 20.9. The maximum atomic E-state index is 5.83.